The van der Waals surface area contributed by atoms with Gasteiger partial charge in [0.2, 0.25) is 11.8 Å². The Kier molecular flexibility index (Phi) is 7.40. The number of alkyl halides is 3. The maximum Gasteiger partial charge on any atom is 0.389 e. The summed E-state index contributed by atoms with van der Waals surface area (Å²) in [5.74, 6) is -4.55. The fourth-order valence-electron chi connectivity index (χ4n) is 4.25. The van der Waals surface area contributed by atoms with Crippen molar-refractivity contribution in [1.29, 1.82) is 0 Å². The minimum atomic E-state index is -4.50. The quantitative estimate of drug-likeness (QED) is 0.546. The Morgan fingerprint density at radius 2 is 1.67 bits per heavy atom. The lowest BCUT2D eigenvalue weighted by molar-refractivity contribution is -0.146. The normalized spacial score (nSPS) is 17.1. The summed E-state index contributed by atoms with van der Waals surface area (Å²) in [6.07, 6.45) is -5.70. The van der Waals surface area contributed by atoms with E-state index < -0.39 is 54.6 Å². The Balaban J connectivity index is 1.95. The Morgan fingerprint density at radius 3 is 2.30 bits per heavy atom. The van der Waals surface area contributed by atoms with Crippen molar-refractivity contribution in [3.8, 4) is 11.1 Å². The van der Waals surface area contributed by atoms with Crippen molar-refractivity contribution < 1.29 is 27.6 Å². The van der Waals surface area contributed by atoms with Gasteiger partial charge in [-0.1, -0.05) is 55.8 Å². The van der Waals surface area contributed by atoms with Crippen molar-refractivity contribution in [3.05, 3.63) is 54.1 Å². The molecule has 33 heavy (non-hydrogen) atoms. The van der Waals surface area contributed by atoms with Crippen LogP contribution in [0.2, 0.25) is 0 Å². The summed E-state index contributed by atoms with van der Waals surface area (Å²) in [7, 11) is 0. The lowest BCUT2D eigenvalue weighted by Gasteiger charge is -2.27. The third-order valence-electron chi connectivity index (χ3n) is 5.82. The number of anilines is 1. The largest absolute Gasteiger partial charge is 0.389 e. The van der Waals surface area contributed by atoms with Crippen LogP contribution in [0.25, 0.3) is 11.1 Å². The van der Waals surface area contributed by atoms with Crippen LogP contribution in [0.4, 0.5) is 18.9 Å². The predicted octanol–water partition coefficient (Wildman–Crippen LogP) is 4.32. The molecule has 3 rings (SSSR count). The molecule has 3 atom stereocenters. The lowest BCUT2D eigenvalue weighted by atomic mass is 9.83. The molecule has 2 aromatic rings. The maximum absolute atomic E-state index is 13.2. The highest BCUT2D eigenvalue weighted by atomic mass is 19.4. The van der Waals surface area contributed by atoms with Crippen LogP contribution >= 0.6 is 0 Å². The van der Waals surface area contributed by atoms with Gasteiger partial charge >= 0.3 is 6.18 Å². The number of nitrogens with one attached hydrogen (secondary N) is 2. The van der Waals surface area contributed by atoms with Gasteiger partial charge in [-0.3, -0.25) is 14.4 Å². The third-order valence-corrected chi connectivity index (χ3v) is 5.82. The Bertz CT molecular complexity index is 1040. The zero-order chi connectivity index (χ0) is 24.2. The van der Waals surface area contributed by atoms with Crippen LogP contribution in [0.15, 0.2) is 48.5 Å². The standard InChI is InChI=1S/C24H26F3N3O3/c1-2-7-17(21(28)31)18(12-13-24(25,26)27)22(32)30-20-16-10-4-3-8-14(16)15-9-5-6-11-19(15)29-23(20)33/h3-6,8-11,17-18,20H,2,7,12-13H2,1H3,(H2,28,31)(H,29,33)(H,30,32)/t17-,18+,20-/m0/s1. The molecule has 3 amide bonds. The first-order chi connectivity index (χ1) is 15.6. The molecule has 176 valence electrons. The van der Waals surface area contributed by atoms with Crippen LogP contribution in [-0.2, 0) is 14.4 Å². The van der Waals surface area contributed by atoms with E-state index in [0.717, 1.165) is 5.56 Å². The molecule has 0 fully saturated rings. The third kappa shape index (κ3) is 5.71. The van der Waals surface area contributed by atoms with E-state index in [1.807, 2.05) is 12.1 Å². The molecule has 0 radical (unpaired) electrons. The van der Waals surface area contributed by atoms with Gasteiger partial charge in [-0.05, 0) is 30.0 Å². The van der Waals surface area contributed by atoms with E-state index in [9.17, 15) is 27.6 Å². The highest BCUT2D eigenvalue weighted by molar-refractivity contribution is 6.04. The van der Waals surface area contributed by atoms with E-state index in [0.29, 0.717) is 23.2 Å². The fourth-order valence-corrected chi connectivity index (χ4v) is 4.25. The number of primary amides is 1. The summed E-state index contributed by atoms with van der Waals surface area (Å²) in [4.78, 5) is 38.3. The van der Waals surface area contributed by atoms with Crippen LogP contribution in [0, 0.1) is 11.8 Å². The lowest BCUT2D eigenvalue weighted by Crippen LogP contribution is -2.44. The molecule has 4 N–H and O–H groups in total. The van der Waals surface area contributed by atoms with E-state index in [4.69, 9.17) is 5.73 Å². The van der Waals surface area contributed by atoms with E-state index in [-0.39, 0.29) is 6.42 Å². The second kappa shape index (κ2) is 10.1. The highest BCUT2D eigenvalue weighted by Crippen LogP contribution is 2.38. The van der Waals surface area contributed by atoms with Crippen molar-refractivity contribution >= 4 is 23.4 Å². The van der Waals surface area contributed by atoms with E-state index in [1.54, 1.807) is 43.3 Å². The zero-order valence-electron chi connectivity index (χ0n) is 18.1. The van der Waals surface area contributed by atoms with Crippen molar-refractivity contribution in [1.82, 2.24) is 5.32 Å². The van der Waals surface area contributed by atoms with E-state index >= 15 is 0 Å². The van der Waals surface area contributed by atoms with Gasteiger partial charge in [-0.25, -0.2) is 0 Å². The minimum absolute atomic E-state index is 0.171. The molecular formula is C24H26F3N3O3. The summed E-state index contributed by atoms with van der Waals surface area (Å²) < 4.78 is 38.8. The first-order valence-corrected chi connectivity index (χ1v) is 10.8. The monoisotopic (exact) mass is 461 g/mol. The van der Waals surface area contributed by atoms with Gasteiger partial charge in [-0.2, -0.15) is 13.2 Å². The molecule has 0 aromatic heterocycles. The SMILES string of the molecule is CCC[C@H](C(N)=O)[C@@H](CCC(F)(F)F)C(=O)N[C@@H]1C(=O)Nc2ccccc2-c2ccccc21. The molecule has 0 spiro atoms. The predicted molar refractivity (Wildman–Crippen MR) is 118 cm³/mol. The number of carbonyl (C=O) groups excluding carboxylic acids is 3. The summed E-state index contributed by atoms with van der Waals surface area (Å²) in [5, 5.41) is 5.38. The molecule has 1 aliphatic rings. The fraction of sp³-hybridized carbons (Fsp3) is 0.375. The molecule has 1 heterocycles. The molecule has 9 heteroatoms. The number of benzene rings is 2. The van der Waals surface area contributed by atoms with Crippen LogP contribution in [0.1, 0.15) is 44.2 Å². The number of hydrogen-bond donors (Lipinski definition) is 3. The molecule has 6 nitrogen and oxygen atoms in total. The number of carbonyl (C=O) groups is 3. The molecule has 0 aliphatic carbocycles. The summed E-state index contributed by atoms with van der Waals surface area (Å²) in [6.45, 7) is 1.75. The number of rotatable bonds is 8. The zero-order valence-corrected chi connectivity index (χ0v) is 18.1. The van der Waals surface area contributed by atoms with Gasteiger partial charge < -0.3 is 16.4 Å². The second-order valence-corrected chi connectivity index (χ2v) is 8.12. The summed E-state index contributed by atoms with van der Waals surface area (Å²) in [6, 6.07) is 13.0. The average Bonchev–Trinajstić information content (AvgIpc) is 2.87. The Morgan fingerprint density at radius 1 is 1.03 bits per heavy atom. The minimum Gasteiger partial charge on any atom is -0.369 e. The maximum atomic E-state index is 13.2. The number of para-hydroxylation sites is 1. The number of nitrogens with two attached hydrogens (primary N) is 1. The van der Waals surface area contributed by atoms with Crippen molar-refractivity contribution in [2.24, 2.45) is 17.6 Å². The smallest absolute Gasteiger partial charge is 0.369 e. The van der Waals surface area contributed by atoms with Gasteiger partial charge in [0.15, 0.2) is 0 Å². The molecule has 1 aliphatic heterocycles. The van der Waals surface area contributed by atoms with Crippen LogP contribution < -0.4 is 16.4 Å². The van der Waals surface area contributed by atoms with Crippen LogP contribution in [0.3, 0.4) is 0 Å². The average molecular weight is 461 g/mol. The van der Waals surface area contributed by atoms with Crippen LogP contribution in [0.5, 0.6) is 0 Å². The first-order valence-electron chi connectivity index (χ1n) is 10.8. The summed E-state index contributed by atoms with van der Waals surface area (Å²) in [5.41, 5.74) is 7.97. The van der Waals surface area contributed by atoms with E-state index in [2.05, 4.69) is 10.6 Å². The Hall–Kier alpha value is -3.36. The second-order valence-electron chi connectivity index (χ2n) is 8.12. The van der Waals surface area contributed by atoms with E-state index in [1.165, 1.54) is 0 Å². The topological polar surface area (TPSA) is 101 Å². The molecule has 2 aromatic carbocycles. The molecule has 0 bridgehead atoms. The molecular weight excluding hydrogens is 435 g/mol. The highest BCUT2D eigenvalue weighted by Gasteiger charge is 2.38. The molecule has 0 saturated carbocycles. The van der Waals surface area contributed by atoms with Gasteiger partial charge in [-0.15, -0.1) is 0 Å². The van der Waals surface area contributed by atoms with Crippen molar-refractivity contribution in [2.45, 2.75) is 44.8 Å². The van der Waals surface area contributed by atoms with Gasteiger partial charge in [0.05, 0.1) is 0 Å². The number of fused-ring (bicyclic) bond motifs is 3. The number of hydrogen-bond acceptors (Lipinski definition) is 3. The van der Waals surface area contributed by atoms with Gasteiger partial charge in [0.25, 0.3) is 5.91 Å². The van der Waals surface area contributed by atoms with Crippen molar-refractivity contribution in [3.63, 3.8) is 0 Å². The Labute approximate surface area is 189 Å². The van der Waals surface area contributed by atoms with Gasteiger partial charge in [0.1, 0.15) is 6.04 Å². The molecule has 0 saturated heterocycles. The van der Waals surface area contributed by atoms with Gasteiger partial charge in [0, 0.05) is 29.5 Å². The van der Waals surface area contributed by atoms with Crippen LogP contribution in [-0.4, -0.2) is 23.9 Å². The summed E-state index contributed by atoms with van der Waals surface area (Å²) >= 11 is 0. The first kappa shape index (κ1) is 24.3. The number of amides is 3. The molecule has 0 unspecified atom stereocenters. The number of halogens is 3. The van der Waals surface area contributed by atoms with Crippen molar-refractivity contribution in [2.75, 3.05) is 5.32 Å².